The number of fused-ring (bicyclic) bond motifs is 3. The molecule has 18 heavy (non-hydrogen) atoms. The van der Waals surface area contributed by atoms with Gasteiger partial charge in [-0.3, -0.25) is 0 Å². The molecule has 0 fully saturated rings. The maximum atomic E-state index is 13.9. The molecule has 1 aromatic heterocycles. The van der Waals surface area contributed by atoms with E-state index in [4.69, 9.17) is 0 Å². The van der Waals surface area contributed by atoms with E-state index in [2.05, 4.69) is 30.9 Å². The summed E-state index contributed by atoms with van der Waals surface area (Å²) in [5, 5.41) is 1.11. The van der Waals surface area contributed by atoms with Crippen LogP contribution >= 0.6 is 0 Å². The van der Waals surface area contributed by atoms with Gasteiger partial charge in [0, 0.05) is 17.1 Å². The van der Waals surface area contributed by atoms with E-state index in [-0.39, 0.29) is 5.82 Å². The van der Waals surface area contributed by atoms with Gasteiger partial charge in [0.25, 0.3) is 0 Å². The zero-order valence-corrected chi connectivity index (χ0v) is 11.2. The molecule has 0 radical (unpaired) electrons. The molecule has 0 saturated heterocycles. The second-order valence-corrected chi connectivity index (χ2v) is 5.56. The van der Waals surface area contributed by atoms with Crippen molar-refractivity contribution in [3.63, 3.8) is 0 Å². The number of nitrogens with zero attached hydrogens (tertiary/aromatic N) is 1. The summed E-state index contributed by atoms with van der Waals surface area (Å²) >= 11 is 0. The Balaban J connectivity index is 2.18. The molecular weight excluding hydrogens is 227 g/mol. The van der Waals surface area contributed by atoms with Crippen molar-refractivity contribution in [1.82, 2.24) is 9.88 Å². The minimum absolute atomic E-state index is 0.133. The number of halogens is 1. The van der Waals surface area contributed by atoms with E-state index in [0.29, 0.717) is 11.6 Å². The van der Waals surface area contributed by atoms with Crippen LogP contribution in [-0.2, 0) is 12.8 Å². The topological polar surface area (TPSA) is 19.0 Å². The first kappa shape index (κ1) is 11.7. The molecule has 1 aliphatic rings. The Morgan fingerprint density at radius 3 is 2.83 bits per heavy atom. The summed E-state index contributed by atoms with van der Waals surface area (Å²) in [6, 6.07) is 4.01. The van der Waals surface area contributed by atoms with Gasteiger partial charge >= 0.3 is 0 Å². The van der Waals surface area contributed by atoms with Crippen molar-refractivity contribution in [2.45, 2.75) is 32.2 Å². The number of hydrogen-bond donors (Lipinski definition) is 1. The summed E-state index contributed by atoms with van der Waals surface area (Å²) in [4.78, 5) is 5.57. The minimum atomic E-state index is -0.133. The first-order chi connectivity index (χ1) is 8.58. The van der Waals surface area contributed by atoms with Gasteiger partial charge in [0.05, 0.1) is 5.52 Å². The number of aromatic nitrogens is 1. The number of aromatic amines is 1. The molecule has 0 amide bonds. The molecule has 3 heteroatoms. The summed E-state index contributed by atoms with van der Waals surface area (Å²) in [5.41, 5.74) is 4.42. The third-order valence-electron chi connectivity index (χ3n) is 4.20. The van der Waals surface area contributed by atoms with Gasteiger partial charge in [-0.05, 0) is 57.5 Å². The molecule has 1 N–H and O–H groups in total. The van der Waals surface area contributed by atoms with Gasteiger partial charge in [-0.1, -0.05) is 6.07 Å². The molecule has 96 valence electrons. The molecule has 0 bridgehead atoms. The Bertz CT molecular complexity index is 598. The molecule has 2 nitrogen and oxygen atoms in total. The highest BCUT2D eigenvalue weighted by molar-refractivity contribution is 5.88. The molecule has 2 aromatic rings. The standard InChI is InChI=1S/C15H19FN2/c1-9-4-6-12(16)15-14(9)11-8-10(18(2)3)5-7-13(11)17-15/h4,6,10,17H,5,7-8H2,1-3H3. The van der Waals surface area contributed by atoms with Crippen molar-refractivity contribution in [3.05, 3.63) is 34.8 Å². The molecule has 1 aliphatic carbocycles. The average Bonchev–Trinajstić information content (AvgIpc) is 2.73. The number of rotatable bonds is 1. The van der Waals surface area contributed by atoms with Crippen molar-refractivity contribution in [1.29, 1.82) is 0 Å². The van der Waals surface area contributed by atoms with E-state index in [1.807, 2.05) is 6.07 Å². The largest absolute Gasteiger partial charge is 0.356 e. The molecule has 0 aliphatic heterocycles. The Morgan fingerprint density at radius 2 is 2.11 bits per heavy atom. The highest BCUT2D eigenvalue weighted by atomic mass is 19.1. The van der Waals surface area contributed by atoms with E-state index in [1.165, 1.54) is 16.8 Å². The van der Waals surface area contributed by atoms with Gasteiger partial charge in [-0.25, -0.2) is 4.39 Å². The number of H-pyrrole nitrogens is 1. The SMILES string of the molecule is Cc1ccc(F)c2[nH]c3c(c12)CC(N(C)C)CC3. The molecule has 1 aromatic carbocycles. The van der Waals surface area contributed by atoms with Gasteiger partial charge in [0.2, 0.25) is 0 Å². The summed E-state index contributed by atoms with van der Waals surface area (Å²) in [6.45, 7) is 2.06. The summed E-state index contributed by atoms with van der Waals surface area (Å²) in [7, 11) is 4.25. The lowest BCUT2D eigenvalue weighted by molar-refractivity contribution is 0.268. The van der Waals surface area contributed by atoms with Crippen molar-refractivity contribution in [3.8, 4) is 0 Å². The number of nitrogens with one attached hydrogen (secondary N) is 1. The zero-order valence-electron chi connectivity index (χ0n) is 11.2. The Hall–Kier alpha value is -1.35. The van der Waals surface area contributed by atoms with Gasteiger partial charge in [0.1, 0.15) is 5.82 Å². The van der Waals surface area contributed by atoms with Crippen LogP contribution in [0.3, 0.4) is 0 Å². The molecule has 1 unspecified atom stereocenters. The van der Waals surface area contributed by atoms with Gasteiger partial charge < -0.3 is 9.88 Å². The van der Waals surface area contributed by atoms with E-state index in [1.54, 1.807) is 6.07 Å². The van der Waals surface area contributed by atoms with Crippen LogP contribution in [0.1, 0.15) is 23.2 Å². The van der Waals surface area contributed by atoms with Crippen molar-refractivity contribution >= 4 is 10.9 Å². The van der Waals surface area contributed by atoms with Crippen LogP contribution in [-0.4, -0.2) is 30.0 Å². The van der Waals surface area contributed by atoms with E-state index >= 15 is 0 Å². The lowest BCUT2D eigenvalue weighted by atomic mass is 9.90. The molecule has 0 saturated carbocycles. The molecule has 3 rings (SSSR count). The first-order valence-corrected chi connectivity index (χ1v) is 6.53. The predicted molar refractivity (Wildman–Crippen MR) is 72.5 cm³/mol. The lowest BCUT2D eigenvalue weighted by Gasteiger charge is -2.28. The molecular formula is C15H19FN2. The van der Waals surface area contributed by atoms with Crippen molar-refractivity contribution < 1.29 is 4.39 Å². The Kier molecular flexibility index (Phi) is 2.67. The smallest absolute Gasteiger partial charge is 0.147 e. The quantitative estimate of drug-likeness (QED) is 0.819. The van der Waals surface area contributed by atoms with Crippen molar-refractivity contribution in [2.75, 3.05) is 14.1 Å². The first-order valence-electron chi connectivity index (χ1n) is 6.53. The van der Waals surface area contributed by atoms with Crippen LogP contribution in [0.25, 0.3) is 10.9 Å². The van der Waals surface area contributed by atoms with E-state index in [0.717, 1.165) is 24.6 Å². The maximum absolute atomic E-state index is 13.9. The summed E-state index contributed by atoms with van der Waals surface area (Å²) in [6.07, 6.45) is 3.19. The van der Waals surface area contributed by atoms with E-state index in [9.17, 15) is 4.39 Å². The fourth-order valence-electron chi connectivity index (χ4n) is 3.10. The van der Waals surface area contributed by atoms with Crippen LogP contribution in [0.4, 0.5) is 4.39 Å². The highest BCUT2D eigenvalue weighted by Gasteiger charge is 2.25. The van der Waals surface area contributed by atoms with Crippen LogP contribution < -0.4 is 0 Å². The normalized spacial score (nSPS) is 19.5. The minimum Gasteiger partial charge on any atom is -0.356 e. The fourth-order valence-corrected chi connectivity index (χ4v) is 3.10. The number of benzene rings is 1. The van der Waals surface area contributed by atoms with Crippen LogP contribution in [0.15, 0.2) is 12.1 Å². The third-order valence-corrected chi connectivity index (χ3v) is 4.20. The Morgan fingerprint density at radius 1 is 1.33 bits per heavy atom. The second-order valence-electron chi connectivity index (χ2n) is 5.56. The summed E-state index contributed by atoms with van der Waals surface area (Å²) in [5.74, 6) is -0.133. The van der Waals surface area contributed by atoms with Gasteiger partial charge in [-0.15, -0.1) is 0 Å². The second kappa shape index (κ2) is 4.09. The average molecular weight is 246 g/mol. The number of aryl methyl sites for hydroxylation is 2. The highest BCUT2D eigenvalue weighted by Crippen LogP contribution is 2.33. The van der Waals surface area contributed by atoms with Gasteiger partial charge in [-0.2, -0.15) is 0 Å². The number of likely N-dealkylation sites (N-methyl/N-ethyl adjacent to an activating group) is 1. The zero-order chi connectivity index (χ0) is 12.9. The predicted octanol–water partition coefficient (Wildman–Crippen LogP) is 3.03. The van der Waals surface area contributed by atoms with E-state index < -0.39 is 0 Å². The van der Waals surface area contributed by atoms with Crippen molar-refractivity contribution in [2.24, 2.45) is 0 Å². The molecule has 0 spiro atoms. The monoisotopic (exact) mass is 246 g/mol. The van der Waals surface area contributed by atoms with Crippen LogP contribution in [0.2, 0.25) is 0 Å². The molecule has 1 heterocycles. The van der Waals surface area contributed by atoms with Crippen LogP contribution in [0.5, 0.6) is 0 Å². The lowest BCUT2D eigenvalue weighted by Crippen LogP contribution is -2.33. The summed E-state index contributed by atoms with van der Waals surface area (Å²) < 4.78 is 13.9. The maximum Gasteiger partial charge on any atom is 0.147 e. The Labute approximate surface area is 107 Å². The van der Waals surface area contributed by atoms with Crippen LogP contribution in [0, 0.1) is 12.7 Å². The van der Waals surface area contributed by atoms with Gasteiger partial charge in [0.15, 0.2) is 0 Å². The fraction of sp³-hybridized carbons (Fsp3) is 0.467. The molecule has 1 atom stereocenters. The third kappa shape index (κ3) is 1.65. The number of hydrogen-bond acceptors (Lipinski definition) is 1.